The normalized spacial score (nSPS) is 17.4. The van der Waals surface area contributed by atoms with E-state index in [0.717, 1.165) is 0 Å². The summed E-state index contributed by atoms with van der Waals surface area (Å²) in [5.41, 5.74) is 0. The summed E-state index contributed by atoms with van der Waals surface area (Å²) in [5.74, 6) is -1.38. The first-order chi connectivity index (χ1) is 8.40. The van der Waals surface area contributed by atoms with Gasteiger partial charge in [-0.15, -0.1) is 5.06 Å². The summed E-state index contributed by atoms with van der Waals surface area (Å²) in [6.07, 6.45) is 1.16. The van der Waals surface area contributed by atoms with Crippen LogP contribution in [-0.4, -0.2) is 33.3 Å². The van der Waals surface area contributed by atoms with Crippen LogP contribution >= 0.6 is 11.8 Å². The van der Waals surface area contributed by atoms with Gasteiger partial charge in [-0.25, -0.2) is 4.79 Å². The molecule has 0 bridgehead atoms. The highest BCUT2D eigenvalue weighted by Gasteiger charge is 2.32. The van der Waals surface area contributed by atoms with Crippen LogP contribution in [0.15, 0.2) is 0 Å². The lowest BCUT2D eigenvalue weighted by Gasteiger charge is -2.15. The summed E-state index contributed by atoms with van der Waals surface area (Å²) in [4.78, 5) is 38.7. The van der Waals surface area contributed by atoms with Gasteiger partial charge in [0, 0.05) is 24.5 Å². The summed E-state index contributed by atoms with van der Waals surface area (Å²) in [7, 11) is 0. The number of hydrogen-bond acceptors (Lipinski definition) is 5. The lowest BCUT2D eigenvalue weighted by atomic mass is 10.2. The zero-order valence-corrected chi connectivity index (χ0v) is 11.8. The molecule has 1 atom stereocenters. The van der Waals surface area contributed by atoms with E-state index in [9.17, 15) is 14.4 Å². The molecule has 0 saturated carbocycles. The van der Waals surface area contributed by atoms with Crippen molar-refractivity contribution < 1.29 is 19.2 Å². The Balaban J connectivity index is 2.29. The topological polar surface area (TPSA) is 63.7 Å². The fourth-order valence-corrected chi connectivity index (χ4v) is 2.84. The summed E-state index contributed by atoms with van der Waals surface area (Å²) >= 11 is 1.78. The molecule has 1 fully saturated rings. The molecule has 0 N–H and O–H groups in total. The lowest BCUT2D eigenvalue weighted by Crippen LogP contribution is -2.32. The fraction of sp³-hybridized carbons (Fsp3) is 0.750. The number of carbonyl (C=O) groups excluding carboxylic acids is 3. The molecule has 1 aliphatic rings. The third-order valence-corrected chi connectivity index (χ3v) is 3.70. The second-order valence-electron chi connectivity index (χ2n) is 4.58. The molecule has 1 saturated heterocycles. The number of nitrogens with zero attached hydrogens (tertiary/aromatic N) is 1. The van der Waals surface area contributed by atoms with Crippen LogP contribution in [0.25, 0.3) is 0 Å². The molecule has 102 valence electrons. The average molecular weight is 273 g/mol. The van der Waals surface area contributed by atoms with Crippen molar-refractivity contribution in [1.82, 2.24) is 5.06 Å². The molecule has 0 aromatic heterocycles. The van der Waals surface area contributed by atoms with Crippen molar-refractivity contribution in [2.24, 2.45) is 0 Å². The maximum Gasteiger partial charge on any atom is 0.333 e. The molecular formula is C12H19NO4S. The Morgan fingerprint density at radius 3 is 2.33 bits per heavy atom. The highest BCUT2D eigenvalue weighted by molar-refractivity contribution is 8.00. The molecule has 6 heteroatoms. The van der Waals surface area contributed by atoms with Crippen molar-refractivity contribution in [1.29, 1.82) is 0 Å². The van der Waals surface area contributed by atoms with E-state index in [0.29, 0.717) is 22.0 Å². The van der Waals surface area contributed by atoms with Gasteiger partial charge in [0.05, 0.1) is 0 Å². The molecule has 0 aliphatic carbocycles. The quantitative estimate of drug-likeness (QED) is 0.692. The van der Waals surface area contributed by atoms with Crippen LogP contribution in [0.3, 0.4) is 0 Å². The molecule has 1 rings (SSSR count). The Kier molecular flexibility index (Phi) is 5.65. The molecule has 5 nitrogen and oxygen atoms in total. The van der Waals surface area contributed by atoms with Crippen molar-refractivity contribution in [2.75, 3.05) is 0 Å². The smallest absolute Gasteiger partial charge is 0.330 e. The third-order valence-electron chi connectivity index (χ3n) is 2.46. The molecule has 1 aliphatic heterocycles. The van der Waals surface area contributed by atoms with Gasteiger partial charge in [-0.3, -0.25) is 9.59 Å². The molecule has 0 radical (unpaired) electrons. The van der Waals surface area contributed by atoms with E-state index < -0.39 is 17.8 Å². The van der Waals surface area contributed by atoms with Gasteiger partial charge in [0.1, 0.15) is 0 Å². The SMILES string of the molecule is CC(C)SC(C)CCC(=O)ON1C(=O)CCC1=O. The number of carbonyl (C=O) groups is 3. The number of hydrogen-bond donors (Lipinski definition) is 0. The zero-order chi connectivity index (χ0) is 13.7. The molecule has 18 heavy (non-hydrogen) atoms. The van der Waals surface area contributed by atoms with E-state index in [1.165, 1.54) is 0 Å². The second-order valence-corrected chi connectivity index (χ2v) is 6.60. The van der Waals surface area contributed by atoms with Gasteiger partial charge in [0.25, 0.3) is 11.8 Å². The Hall–Kier alpha value is -1.04. The predicted molar refractivity (Wildman–Crippen MR) is 68.6 cm³/mol. The van der Waals surface area contributed by atoms with Crippen LogP contribution in [0.4, 0.5) is 0 Å². The summed E-state index contributed by atoms with van der Waals surface area (Å²) in [5, 5.41) is 1.46. The summed E-state index contributed by atoms with van der Waals surface area (Å²) < 4.78 is 0. The predicted octanol–water partition coefficient (Wildman–Crippen LogP) is 1.90. The Morgan fingerprint density at radius 1 is 1.28 bits per heavy atom. The minimum atomic E-state index is -0.519. The molecule has 0 aromatic carbocycles. The standard InChI is InChI=1S/C12H19NO4S/c1-8(2)18-9(3)4-7-12(16)17-13-10(14)5-6-11(13)15/h8-9H,4-7H2,1-3H3. The van der Waals surface area contributed by atoms with Gasteiger partial charge in [0.2, 0.25) is 0 Å². The van der Waals surface area contributed by atoms with E-state index in [4.69, 9.17) is 4.84 Å². The first-order valence-corrected chi connectivity index (χ1v) is 7.06. The number of hydroxylamine groups is 2. The van der Waals surface area contributed by atoms with Gasteiger partial charge >= 0.3 is 5.97 Å². The highest BCUT2D eigenvalue weighted by atomic mass is 32.2. The second kappa shape index (κ2) is 6.78. The maximum atomic E-state index is 11.5. The van der Waals surface area contributed by atoms with Crippen molar-refractivity contribution in [2.45, 2.75) is 57.0 Å². The van der Waals surface area contributed by atoms with Gasteiger partial charge in [-0.05, 0) is 11.7 Å². The first-order valence-electron chi connectivity index (χ1n) is 6.12. The number of amides is 2. The Labute approximate surface area is 111 Å². The van der Waals surface area contributed by atoms with Crippen LogP contribution in [0.1, 0.15) is 46.5 Å². The van der Waals surface area contributed by atoms with Gasteiger partial charge < -0.3 is 4.84 Å². The Morgan fingerprint density at radius 2 is 1.83 bits per heavy atom. The van der Waals surface area contributed by atoms with Gasteiger partial charge in [0.15, 0.2) is 0 Å². The number of rotatable bonds is 6. The number of thioether (sulfide) groups is 1. The van der Waals surface area contributed by atoms with E-state index in [2.05, 4.69) is 13.8 Å². The average Bonchev–Trinajstić information content (AvgIpc) is 2.57. The summed E-state index contributed by atoms with van der Waals surface area (Å²) in [6.45, 7) is 6.24. The van der Waals surface area contributed by atoms with Crippen molar-refractivity contribution in [3.8, 4) is 0 Å². The first kappa shape index (κ1) is 15.0. The van der Waals surface area contributed by atoms with Crippen molar-refractivity contribution >= 4 is 29.5 Å². The molecule has 1 heterocycles. The van der Waals surface area contributed by atoms with E-state index in [1.54, 1.807) is 11.8 Å². The molecule has 0 aromatic rings. The van der Waals surface area contributed by atoms with Gasteiger partial charge in [-0.1, -0.05) is 20.8 Å². The van der Waals surface area contributed by atoms with E-state index in [1.807, 2.05) is 6.92 Å². The monoisotopic (exact) mass is 273 g/mol. The zero-order valence-electron chi connectivity index (χ0n) is 11.0. The lowest BCUT2D eigenvalue weighted by molar-refractivity contribution is -0.197. The van der Waals surface area contributed by atoms with Crippen molar-refractivity contribution in [3.05, 3.63) is 0 Å². The largest absolute Gasteiger partial charge is 0.333 e. The maximum absolute atomic E-state index is 11.5. The molecule has 2 amide bonds. The minimum absolute atomic E-state index is 0.131. The van der Waals surface area contributed by atoms with Crippen LogP contribution in [-0.2, 0) is 19.2 Å². The van der Waals surface area contributed by atoms with E-state index >= 15 is 0 Å². The van der Waals surface area contributed by atoms with Crippen molar-refractivity contribution in [3.63, 3.8) is 0 Å². The molecule has 0 spiro atoms. The van der Waals surface area contributed by atoms with Crippen LogP contribution in [0.2, 0.25) is 0 Å². The van der Waals surface area contributed by atoms with Gasteiger partial charge in [-0.2, -0.15) is 11.8 Å². The fourth-order valence-electron chi connectivity index (χ4n) is 1.66. The van der Waals surface area contributed by atoms with Crippen LogP contribution < -0.4 is 0 Å². The minimum Gasteiger partial charge on any atom is -0.330 e. The third kappa shape index (κ3) is 4.68. The number of imide groups is 1. The summed E-state index contributed by atoms with van der Waals surface area (Å²) in [6, 6.07) is 0. The Bertz CT molecular complexity index is 327. The molecule has 1 unspecified atom stereocenters. The van der Waals surface area contributed by atoms with Crippen LogP contribution in [0.5, 0.6) is 0 Å². The van der Waals surface area contributed by atoms with E-state index in [-0.39, 0.29) is 19.3 Å². The van der Waals surface area contributed by atoms with Crippen LogP contribution in [0, 0.1) is 0 Å². The highest BCUT2D eigenvalue weighted by Crippen LogP contribution is 2.21. The molecular weight excluding hydrogens is 254 g/mol.